The number of aromatic nitrogens is 4. The summed E-state index contributed by atoms with van der Waals surface area (Å²) in [7, 11) is 3.64. The lowest BCUT2D eigenvalue weighted by Gasteiger charge is -2.17. The Bertz CT molecular complexity index is 668. The van der Waals surface area contributed by atoms with Crippen LogP contribution in [0.25, 0.3) is 0 Å². The Morgan fingerprint density at radius 3 is 2.38 bits per heavy atom. The van der Waals surface area contributed by atoms with Crippen molar-refractivity contribution in [2.75, 3.05) is 7.05 Å². The second-order valence-electron chi connectivity index (χ2n) is 5.43. The van der Waals surface area contributed by atoms with Gasteiger partial charge in [-0.1, -0.05) is 0 Å². The Kier molecular flexibility index (Phi) is 4.16. The molecule has 0 spiro atoms. The Morgan fingerprint density at radius 2 is 1.90 bits per heavy atom. The maximum atomic E-state index is 12.5. The van der Waals surface area contributed by atoms with E-state index in [2.05, 4.69) is 17.1 Å². The first kappa shape index (κ1) is 15.3. The predicted molar refractivity (Wildman–Crippen MR) is 81.1 cm³/mol. The molecule has 0 fully saturated rings. The van der Waals surface area contributed by atoms with Crippen molar-refractivity contribution >= 4 is 5.91 Å². The summed E-state index contributed by atoms with van der Waals surface area (Å²) in [5.74, 6) is -0.0105. The summed E-state index contributed by atoms with van der Waals surface area (Å²) in [6.45, 7) is 9.36. The van der Waals surface area contributed by atoms with E-state index in [1.807, 2.05) is 39.5 Å². The van der Waals surface area contributed by atoms with Crippen molar-refractivity contribution in [2.24, 2.45) is 7.05 Å². The predicted octanol–water partition coefficient (Wildman–Crippen LogP) is 1.83. The molecule has 0 bridgehead atoms. The first-order valence-electron chi connectivity index (χ1n) is 7.13. The van der Waals surface area contributed by atoms with Crippen LogP contribution in [0.1, 0.15) is 39.9 Å². The molecule has 21 heavy (non-hydrogen) atoms. The number of nitrogens with zero attached hydrogens (tertiary/aromatic N) is 5. The highest BCUT2D eigenvalue weighted by Gasteiger charge is 2.20. The van der Waals surface area contributed by atoms with Crippen molar-refractivity contribution < 1.29 is 4.79 Å². The second-order valence-corrected chi connectivity index (χ2v) is 5.43. The molecule has 0 radical (unpaired) electrons. The van der Waals surface area contributed by atoms with Gasteiger partial charge in [-0.05, 0) is 27.7 Å². The van der Waals surface area contributed by atoms with E-state index >= 15 is 0 Å². The lowest BCUT2D eigenvalue weighted by atomic mass is 10.1. The Labute approximate surface area is 125 Å². The van der Waals surface area contributed by atoms with Crippen LogP contribution in [0.3, 0.4) is 0 Å². The molecular formula is C15H23N5O. The third kappa shape index (κ3) is 2.84. The third-order valence-electron chi connectivity index (χ3n) is 3.82. The molecule has 6 nitrogen and oxygen atoms in total. The van der Waals surface area contributed by atoms with Gasteiger partial charge < -0.3 is 4.90 Å². The zero-order chi connectivity index (χ0) is 15.7. The average Bonchev–Trinajstić information content (AvgIpc) is 2.90. The molecule has 0 saturated carbocycles. The van der Waals surface area contributed by atoms with Gasteiger partial charge in [0, 0.05) is 44.6 Å². The standard InChI is InChI=1S/C15H23N5O/c1-7-20-12(4)13(10(2)17-20)8-18(5)15(21)14-9-19(6)16-11(14)3/h9H,7-8H2,1-6H3. The van der Waals surface area contributed by atoms with Gasteiger partial charge in [-0.3, -0.25) is 14.2 Å². The summed E-state index contributed by atoms with van der Waals surface area (Å²) in [4.78, 5) is 14.3. The molecule has 0 saturated heterocycles. The quantitative estimate of drug-likeness (QED) is 0.863. The zero-order valence-electron chi connectivity index (χ0n) is 13.6. The maximum Gasteiger partial charge on any atom is 0.257 e. The molecule has 0 aliphatic rings. The smallest absolute Gasteiger partial charge is 0.257 e. The first-order chi connectivity index (χ1) is 9.85. The van der Waals surface area contributed by atoms with Gasteiger partial charge in [0.2, 0.25) is 0 Å². The van der Waals surface area contributed by atoms with E-state index in [-0.39, 0.29) is 5.91 Å². The molecule has 0 aliphatic heterocycles. The number of hydrogen-bond acceptors (Lipinski definition) is 3. The molecule has 0 unspecified atom stereocenters. The van der Waals surface area contributed by atoms with E-state index in [0.29, 0.717) is 12.1 Å². The van der Waals surface area contributed by atoms with Gasteiger partial charge >= 0.3 is 0 Å². The van der Waals surface area contributed by atoms with Crippen molar-refractivity contribution in [1.82, 2.24) is 24.5 Å². The average molecular weight is 289 g/mol. The van der Waals surface area contributed by atoms with Crippen molar-refractivity contribution in [2.45, 2.75) is 40.8 Å². The van der Waals surface area contributed by atoms with Crippen LogP contribution in [0.5, 0.6) is 0 Å². The number of rotatable bonds is 4. The molecule has 1 amide bonds. The van der Waals surface area contributed by atoms with Crippen LogP contribution in [-0.4, -0.2) is 37.4 Å². The second kappa shape index (κ2) is 5.71. The molecule has 2 heterocycles. The monoisotopic (exact) mass is 289 g/mol. The first-order valence-corrected chi connectivity index (χ1v) is 7.13. The molecule has 0 N–H and O–H groups in total. The number of carbonyl (C=O) groups is 1. The van der Waals surface area contributed by atoms with Crippen LogP contribution >= 0.6 is 0 Å². The van der Waals surface area contributed by atoms with Gasteiger partial charge in [0.15, 0.2) is 0 Å². The minimum absolute atomic E-state index is 0.0105. The third-order valence-corrected chi connectivity index (χ3v) is 3.82. The van der Waals surface area contributed by atoms with Gasteiger partial charge in [-0.25, -0.2) is 0 Å². The Hall–Kier alpha value is -2.11. The molecule has 2 aromatic heterocycles. The van der Waals surface area contributed by atoms with Crippen LogP contribution in [0.15, 0.2) is 6.20 Å². The number of amides is 1. The maximum absolute atomic E-state index is 12.5. The Balaban J connectivity index is 2.22. The lowest BCUT2D eigenvalue weighted by Crippen LogP contribution is -2.27. The minimum atomic E-state index is -0.0105. The van der Waals surface area contributed by atoms with Crippen LogP contribution in [0, 0.1) is 20.8 Å². The fourth-order valence-electron chi connectivity index (χ4n) is 2.59. The SMILES string of the molecule is CCn1nc(C)c(CN(C)C(=O)c2cn(C)nc2C)c1C. The summed E-state index contributed by atoms with van der Waals surface area (Å²) in [5.41, 5.74) is 4.63. The van der Waals surface area contributed by atoms with E-state index in [9.17, 15) is 4.79 Å². The number of hydrogen-bond donors (Lipinski definition) is 0. The van der Waals surface area contributed by atoms with Gasteiger partial charge in [-0.2, -0.15) is 10.2 Å². The minimum Gasteiger partial charge on any atom is -0.337 e. The van der Waals surface area contributed by atoms with Crippen molar-refractivity contribution in [3.63, 3.8) is 0 Å². The fraction of sp³-hybridized carbons (Fsp3) is 0.533. The van der Waals surface area contributed by atoms with Gasteiger partial charge in [0.1, 0.15) is 0 Å². The zero-order valence-corrected chi connectivity index (χ0v) is 13.6. The highest BCUT2D eigenvalue weighted by molar-refractivity contribution is 5.94. The Morgan fingerprint density at radius 1 is 1.24 bits per heavy atom. The van der Waals surface area contributed by atoms with Crippen LogP contribution < -0.4 is 0 Å². The van der Waals surface area contributed by atoms with E-state index in [1.165, 1.54) is 0 Å². The van der Waals surface area contributed by atoms with Crippen molar-refractivity contribution in [1.29, 1.82) is 0 Å². The largest absolute Gasteiger partial charge is 0.337 e. The molecule has 2 rings (SSSR count). The van der Waals surface area contributed by atoms with Crippen molar-refractivity contribution in [3.8, 4) is 0 Å². The van der Waals surface area contributed by atoms with E-state index in [0.717, 1.165) is 29.2 Å². The molecule has 2 aromatic rings. The topological polar surface area (TPSA) is 56.0 Å². The van der Waals surface area contributed by atoms with E-state index < -0.39 is 0 Å². The number of carbonyl (C=O) groups excluding carboxylic acids is 1. The molecule has 114 valence electrons. The van der Waals surface area contributed by atoms with E-state index in [1.54, 1.807) is 15.8 Å². The van der Waals surface area contributed by atoms with Crippen LogP contribution in [-0.2, 0) is 20.1 Å². The molecule has 0 aromatic carbocycles. The molecule has 6 heteroatoms. The van der Waals surface area contributed by atoms with Gasteiger partial charge in [0.25, 0.3) is 5.91 Å². The summed E-state index contributed by atoms with van der Waals surface area (Å²) >= 11 is 0. The lowest BCUT2D eigenvalue weighted by molar-refractivity contribution is 0.0784. The molecule has 0 aliphatic carbocycles. The van der Waals surface area contributed by atoms with Crippen LogP contribution in [0.4, 0.5) is 0 Å². The summed E-state index contributed by atoms with van der Waals surface area (Å²) in [5, 5.41) is 8.72. The van der Waals surface area contributed by atoms with Gasteiger partial charge in [-0.15, -0.1) is 0 Å². The highest BCUT2D eigenvalue weighted by Crippen LogP contribution is 2.17. The summed E-state index contributed by atoms with van der Waals surface area (Å²) < 4.78 is 3.64. The fourth-order valence-corrected chi connectivity index (χ4v) is 2.59. The van der Waals surface area contributed by atoms with Crippen molar-refractivity contribution in [3.05, 3.63) is 34.4 Å². The molecule has 0 atom stereocenters. The number of aryl methyl sites for hydroxylation is 4. The highest BCUT2D eigenvalue weighted by atomic mass is 16.2. The summed E-state index contributed by atoms with van der Waals surface area (Å²) in [6.07, 6.45) is 1.77. The van der Waals surface area contributed by atoms with Crippen LogP contribution in [0.2, 0.25) is 0 Å². The normalized spacial score (nSPS) is 11.0. The summed E-state index contributed by atoms with van der Waals surface area (Å²) in [6, 6.07) is 0. The van der Waals surface area contributed by atoms with Gasteiger partial charge in [0.05, 0.1) is 17.0 Å². The molecular weight excluding hydrogens is 266 g/mol. The van der Waals surface area contributed by atoms with E-state index in [4.69, 9.17) is 0 Å².